The molecule has 328 valence electrons. The van der Waals surface area contributed by atoms with Crippen LogP contribution in [0.3, 0.4) is 0 Å². The Morgan fingerprint density at radius 3 is 1.40 bits per heavy atom. The van der Waals surface area contributed by atoms with Gasteiger partial charge in [0.05, 0.1) is 47.8 Å². The van der Waals surface area contributed by atoms with E-state index in [9.17, 15) is 43.2 Å². The third-order valence-corrected chi connectivity index (χ3v) is 14.7. The van der Waals surface area contributed by atoms with E-state index in [1.807, 2.05) is 36.9 Å². The van der Waals surface area contributed by atoms with Crippen molar-refractivity contribution in [1.82, 2.24) is 48.1 Å². The standard InChI is InChI=1S/2C19H24F3N5O2S/c2*1-2-13-7-12(9-26-30(28,29)6-4-19(20,21)22)8-14(13)16-10-24-17-11-25-18-15(27(16)17)3-5-23-18/h2*3,5,10-14,23,26H,2,4,6-9H2,1H3/t2*12-,13+,14-/m10/s1. The summed E-state index contributed by atoms with van der Waals surface area (Å²) in [7, 11) is -7.91. The maximum Gasteiger partial charge on any atom is 0.390 e. The summed E-state index contributed by atoms with van der Waals surface area (Å²) in [6.45, 7) is 4.52. The Balaban J connectivity index is 0.000000181. The van der Waals surface area contributed by atoms with Crippen molar-refractivity contribution in [1.29, 1.82) is 0 Å². The lowest BCUT2D eigenvalue weighted by molar-refractivity contribution is -0.130. The minimum Gasteiger partial charge on any atom is -0.345 e. The average molecular weight is 887 g/mol. The first kappa shape index (κ1) is 43.8. The summed E-state index contributed by atoms with van der Waals surface area (Å²) in [5.74, 6) is -0.672. The van der Waals surface area contributed by atoms with Crippen molar-refractivity contribution in [3.63, 3.8) is 0 Å². The molecule has 22 heteroatoms. The molecule has 6 atom stereocenters. The number of imidazole rings is 2. The second-order valence-corrected chi connectivity index (χ2v) is 19.8. The molecular formula is C38H48F6N10O4S2. The van der Waals surface area contributed by atoms with Crippen molar-refractivity contribution in [2.24, 2.45) is 23.7 Å². The summed E-state index contributed by atoms with van der Waals surface area (Å²) in [5.41, 5.74) is 7.03. The van der Waals surface area contributed by atoms with Gasteiger partial charge in [0.1, 0.15) is 0 Å². The fourth-order valence-electron chi connectivity index (χ4n) is 9.08. The van der Waals surface area contributed by atoms with Crippen molar-refractivity contribution in [2.45, 2.75) is 89.4 Å². The van der Waals surface area contributed by atoms with Crippen molar-refractivity contribution >= 4 is 53.7 Å². The fourth-order valence-corrected chi connectivity index (χ4v) is 11.4. The SMILES string of the molecule is CC[C@@H]1C[C@H](CNS(=O)(=O)CCC(F)(F)F)C[C@@H]1c1cnc2cnc3[nH]ccc3n12.CC[C@H]1C[C@@H](CNS(=O)(=O)CCC(F)(F)F)C[C@H]1c1cnc2cnc3[nH]ccc3n12. The number of fused-ring (bicyclic) bond motifs is 6. The molecule has 14 nitrogen and oxygen atoms in total. The summed E-state index contributed by atoms with van der Waals surface area (Å²) >= 11 is 0. The lowest BCUT2D eigenvalue weighted by atomic mass is 9.91. The molecule has 2 saturated carbocycles. The third kappa shape index (κ3) is 10.1. The molecule has 0 bridgehead atoms. The van der Waals surface area contributed by atoms with Gasteiger partial charge in [-0.15, -0.1) is 0 Å². The summed E-state index contributed by atoms with van der Waals surface area (Å²) in [5, 5.41) is 0. The maximum absolute atomic E-state index is 12.3. The van der Waals surface area contributed by atoms with Gasteiger partial charge in [-0.05, 0) is 61.5 Å². The smallest absolute Gasteiger partial charge is 0.345 e. The van der Waals surface area contributed by atoms with Gasteiger partial charge in [0, 0.05) is 61.1 Å². The van der Waals surface area contributed by atoms with E-state index in [4.69, 9.17) is 0 Å². The number of aromatic amines is 2. The van der Waals surface area contributed by atoms with Crippen LogP contribution in [-0.2, 0) is 20.0 Å². The Morgan fingerprint density at radius 1 is 0.633 bits per heavy atom. The lowest BCUT2D eigenvalue weighted by Crippen LogP contribution is -2.32. The molecule has 6 aromatic heterocycles. The maximum atomic E-state index is 12.3. The van der Waals surface area contributed by atoms with Gasteiger partial charge in [0.2, 0.25) is 20.0 Å². The van der Waals surface area contributed by atoms with Crippen LogP contribution in [0.1, 0.15) is 88.4 Å². The zero-order valence-electron chi connectivity index (χ0n) is 33.0. The number of rotatable bonds is 14. The van der Waals surface area contributed by atoms with E-state index in [1.165, 1.54) is 0 Å². The molecule has 0 aromatic carbocycles. The lowest BCUT2D eigenvalue weighted by Gasteiger charge is -2.17. The summed E-state index contributed by atoms with van der Waals surface area (Å²) in [4.78, 5) is 23.9. The summed E-state index contributed by atoms with van der Waals surface area (Å²) < 4.78 is 131. The summed E-state index contributed by atoms with van der Waals surface area (Å²) in [6.07, 6.45) is 4.13. The van der Waals surface area contributed by atoms with Gasteiger partial charge in [-0.2, -0.15) is 26.3 Å². The van der Waals surface area contributed by atoms with Gasteiger partial charge >= 0.3 is 12.4 Å². The van der Waals surface area contributed by atoms with E-state index in [-0.39, 0.29) is 36.8 Å². The van der Waals surface area contributed by atoms with E-state index in [0.717, 1.165) is 83.5 Å². The number of halogens is 6. The molecule has 0 radical (unpaired) electrons. The van der Waals surface area contributed by atoms with Crippen LogP contribution in [0.4, 0.5) is 26.3 Å². The quantitative estimate of drug-likeness (QED) is 0.0828. The molecule has 0 unspecified atom stereocenters. The summed E-state index contributed by atoms with van der Waals surface area (Å²) in [6, 6.07) is 3.89. The number of hydrogen-bond donors (Lipinski definition) is 4. The van der Waals surface area contributed by atoms with Crippen LogP contribution in [0.25, 0.3) is 33.6 Å². The fraction of sp³-hybridized carbons (Fsp3) is 0.579. The molecule has 6 aromatic rings. The number of nitrogens with one attached hydrogen (secondary N) is 4. The molecule has 4 N–H and O–H groups in total. The van der Waals surface area contributed by atoms with Gasteiger partial charge in [0.15, 0.2) is 22.6 Å². The second kappa shape index (κ2) is 17.2. The number of H-pyrrole nitrogens is 2. The van der Waals surface area contributed by atoms with Gasteiger partial charge in [-0.3, -0.25) is 8.80 Å². The molecule has 6 heterocycles. The van der Waals surface area contributed by atoms with Gasteiger partial charge < -0.3 is 9.97 Å². The van der Waals surface area contributed by atoms with Crippen LogP contribution in [0, 0.1) is 23.7 Å². The highest BCUT2D eigenvalue weighted by Crippen LogP contribution is 2.46. The van der Waals surface area contributed by atoms with Crippen LogP contribution in [0.15, 0.2) is 49.3 Å². The molecule has 0 aliphatic heterocycles. The first-order chi connectivity index (χ1) is 28.3. The van der Waals surface area contributed by atoms with Crippen LogP contribution < -0.4 is 9.44 Å². The molecular weight excluding hydrogens is 839 g/mol. The molecule has 2 aliphatic rings. The van der Waals surface area contributed by atoms with Crippen LogP contribution in [-0.4, -0.2) is 92.5 Å². The minimum absolute atomic E-state index is 0.0646. The van der Waals surface area contributed by atoms with Crippen molar-refractivity contribution in [3.05, 3.63) is 60.7 Å². The topological polar surface area (TPSA) is 184 Å². The van der Waals surface area contributed by atoms with Gasteiger partial charge in [0.25, 0.3) is 0 Å². The first-order valence-corrected chi connectivity index (χ1v) is 23.3. The Hall–Kier alpha value is -4.28. The molecule has 0 spiro atoms. The third-order valence-electron chi connectivity index (χ3n) is 12.0. The molecule has 0 saturated heterocycles. The van der Waals surface area contributed by atoms with E-state index < -0.39 is 56.7 Å². The zero-order valence-corrected chi connectivity index (χ0v) is 34.6. The minimum atomic E-state index is -4.48. The first-order valence-electron chi connectivity index (χ1n) is 20.0. The molecule has 0 amide bonds. The van der Waals surface area contributed by atoms with Crippen LogP contribution in [0.2, 0.25) is 0 Å². The van der Waals surface area contributed by atoms with Crippen molar-refractivity contribution in [2.75, 3.05) is 24.6 Å². The molecule has 2 aliphatic carbocycles. The predicted octanol–water partition coefficient (Wildman–Crippen LogP) is 7.20. The predicted molar refractivity (Wildman–Crippen MR) is 213 cm³/mol. The Kier molecular flexibility index (Phi) is 12.6. The largest absolute Gasteiger partial charge is 0.390 e. The molecule has 8 rings (SSSR count). The number of aromatic nitrogens is 8. The van der Waals surface area contributed by atoms with Gasteiger partial charge in [-0.25, -0.2) is 46.2 Å². The monoisotopic (exact) mass is 886 g/mol. The highest BCUT2D eigenvalue weighted by molar-refractivity contribution is 7.89. The Labute approximate surface area is 342 Å². The van der Waals surface area contributed by atoms with E-state index in [0.29, 0.717) is 11.8 Å². The van der Waals surface area contributed by atoms with Crippen LogP contribution in [0.5, 0.6) is 0 Å². The van der Waals surface area contributed by atoms with Crippen LogP contribution >= 0.6 is 0 Å². The molecule has 60 heavy (non-hydrogen) atoms. The van der Waals surface area contributed by atoms with E-state index >= 15 is 0 Å². The number of hydrogen-bond acceptors (Lipinski definition) is 8. The average Bonchev–Trinajstić information content (AvgIpc) is 4.04. The highest BCUT2D eigenvalue weighted by atomic mass is 32.2. The number of sulfonamides is 2. The Morgan fingerprint density at radius 2 is 1.03 bits per heavy atom. The van der Waals surface area contributed by atoms with Gasteiger partial charge in [-0.1, -0.05) is 26.7 Å². The highest BCUT2D eigenvalue weighted by Gasteiger charge is 2.39. The van der Waals surface area contributed by atoms with Crippen molar-refractivity contribution in [3.8, 4) is 0 Å². The number of alkyl halides is 6. The Bertz CT molecular complexity index is 2460. The molecule has 2 fully saturated rings. The van der Waals surface area contributed by atoms with E-state index in [2.05, 4.69) is 62.0 Å². The number of nitrogens with zero attached hydrogens (tertiary/aromatic N) is 6. The zero-order chi connectivity index (χ0) is 43.0. The normalized spacial score (nSPS) is 23.0. The van der Waals surface area contributed by atoms with Crippen molar-refractivity contribution < 1.29 is 43.2 Å². The van der Waals surface area contributed by atoms with E-state index in [1.54, 1.807) is 12.4 Å². The second-order valence-electron chi connectivity index (χ2n) is 16.0.